The molecule has 3 heteroatoms. The Morgan fingerprint density at radius 2 is 2.05 bits per heavy atom. The minimum atomic E-state index is 0.487. The lowest BCUT2D eigenvalue weighted by Gasteiger charge is -2.08. The Labute approximate surface area is 126 Å². The maximum Gasteiger partial charge on any atom is 0.146 e. The number of ether oxygens (including phenoxy) is 1. The van der Waals surface area contributed by atoms with E-state index in [1.165, 1.54) is 24.0 Å². The lowest BCUT2D eigenvalue weighted by atomic mass is 10.1. The summed E-state index contributed by atoms with van der Waals surface area (Å²) < 4.78 is 11.7. The van der Waals surface area contributed by atoms with Gasteiger partial charge in [0.2, 0.25) is 0 Å². The number of benzene rings is 1. The molecule has 0 bridgehead atoms. The highest BCUT2D eigenvalue weighted by Gasteiger charge is 2.21. The highest BCUT2D eigenvalue weighted by atomic mass is 16.5. The van der Waals surface area contributed by atoms with E-state index in [2.05, 4.69) is 24.4 Å². The maximum absolute atomic E-state index is 5.91. The standard InChI is InChI=1S/C18H23NO2/c1-3-14-6-4-5-7-18(14)20-12-17-10-15(13(2)21-17)11-19-16-8-9-16/h4-7,10,16,19H,3,8-9,11-12H2,1-2H3. The molecule has 0 aliphatic heterocycles. The van der Waals surface area contributed by atoms with Crippen molar-refractivity contribution >= 4 is 0 Å². The van der Waals surface area contributed by atoms with E-state index in [4.69, 9.17) is 9.15 Å². The van der Waals surface area contributed by atoms with Crippen LogP contribution in [0.15, 0.2) is 34.7 Å². The van der Waals surface area contributed by atoms with Crippen molar-refractivity contribution in [2.24, 2.45) is 0 Å². The third-order valence-corrected chi connectivity index (χ3v) is 3.95. The Morgan fingerprint density at radius 1 is 1.24 bits per heavy atom. The number of furan rings is 1. The second kappa shape index (κ2) is 6.35. The molecule has 0 radical (unpaired) electrons. The van der Waals surface area contributed by atoms with Gasteiger partial charge in [0.1, 0.15) is 23.9 Å². The fourth-order valence-corrected chi connectivity index (χ4v) is 2.46. The van der Waals surface area contributed by atoms with E-state index in [9.17, 15) is 0 Å². The van der Waals surface area contributed by atoms with Gasteiger partial charge in [0.15, 0.2) is 0 Å². The molecule has 0 amide bonds. The van der Waals surface area contributed by atoms with Crippen LogP contribution >= 0.6 is 0 Å². The average Bonchev–Trinajstić information content (AvgIpc) is 3.27. The average molecular weight is 285 g/mol. The first-order valence-electron chi connectivity index (χ1n) is 7.78. The highest BCUT2D eigenvalue weighted by Crippen LogP contribution is 2.23. The minimum absolute atomic E-state index is 0.487. The van der Waals surface area contributed by atoms with Crippen molar-refractivity contribution < 1.29 is 9.15 Å². The topological polar surface area (TPSA) is 34.4 Å². The molecule has 112 valence electrons. The molecule has 3 nitrogen and oxygen atoms in total. The van der Waals surface area contributed by atoms with Crippen LogP contribution in [-0.2, 0) is 19.6 Å². The molecule has 1 aromatic heterocycles. The van der Waals surface area contributed by atoms with Gasteiger partial charge in [-0.05, 0) is 43.9 Å². The number of rotatable bonds is 7. The molecule has 1 aliphatic rings. The van der Waals surface area contributed by atoms with Gasteiger partial charge in [0, 0.05) is 18.2 Å². The second-order valence-electron chi connectivity index (χ2n) is 5.70. The zero-order valence-corrected chi connectivity index (χ0v) is 12.8. The quantitative estimate of drug-likeness (QED) is 0.835. The molecule has 1 aromatic carbocycles. The van der Waals surface area contributed by atoms with E-state index in [1.54, 1.807) is 0 Å². The lowest BCUT2D eigenvalue weighted by Crippen LogP contribution is -2.15. The molecule has 0 spiro atoms. The van der Waals surface area contributed by atoms with Gasteiger partial charge in [0.05, 0.1) is 0 Å². The molecule has 1 aliphatic carbocycles. The molecule has 3 rings (SSSR count). The normalized spacial score (nSPS) is 14.4. The Hall–Kier alpha value is -1.74. The van der Waals surface area contributed by atoms with E-state index in [1.807, 2.05) is 25.1 Å². The molecule has 1 N–H and O–H groups in total. The lowest BCUT2D eigenvalue weighted by molar-refractivity contribution is 0.265. The molecule has 2 aromatic rings. The van der Waals surface area contributed by atoms with Gasteiger partial charge in [-0.15, -0.1) is 0 Å². The first-order chi connectivity index (χ1) is 10.3. The fraction of sp³-hybridized carbons (Fsp3) is 0.444. The highest BCUT2D eigenvalue weighted by molar-refractivity contribution is 5.33. The molecule has 0 unspecified atom stereocenters. The molecule has 0 saturated heterocycles. The fourth-order valence-electron chi connectivity index (χ4n) is 2.46. The Morgan fingerprint density at radius 3 is 2.81 bits per heavy atom. The predicted molar refractivity (Wildman–Crippen MR) is 83.5 cm³/mol. The third kappa shape index (κ3) is 3.67. The van der Waals surface area contributed by atoms with E-state index in [0.717, 1.165) is 36.3 Å². The smallest absolute Gasteiger partial charge is 0.146 e. The monoisotopic (exact) mass is 285 g/mol. The summed E-state index contributed by atoms with van der Waals surface area (Å²) in [6.45, 7) is 5.54. The van der Waals surface area contributed by atoms with Gasteiger partial charge in [-0.2, -0.15) is 0 Å². The number of hydrogen-bond donors (Lipinski definition) is 1. The van der Waals surface area contributed by atoms with Crippen LogP contribution in [0.3, 0.4) is 0 Å². The van der Waals surface area contributed by atoms with Gasteiger partial charge in [0.25, 0.3) is 0 Å². The van der Waals surface area contributed by atoms with Gasteiger partial charge >= 0.3 is 0 Å². The predicted octanol–water partition coefficient (Wildman–Crippen LogP) is 3.98. The van der Waals surface area contributed by atoms with Crippen molar-refractivity contribution in [3.8, 4) is 5.75 Å². The zero-order valence-electron chi connectivity index (χ0n) is 12.8. The van der Waals surface area contributed by atoms with Crippen molar-refractivity contribution in [2.45, 2.75) is 52.3 Å². The van der Waals surface area contributed by atoms with Gasteiger partial charge in [-0.1, -0.05) is 25.1 Å². The Bertz CT molecular complexity index is 599. The number of aryl methyl sites for hydroxylation is 2. The molecule has 1 fully saturated rings. The number of nitrogens with one attached hydrogen (secondary N) is 1. The van der Waals surface area contributed by atoms with Gasteiger partial charge in [-0.3, -0.25) is 0 Å². The molecule has 1 heterocycles. The SMILES string of the molecule is CCc1ccccc1OCc1cc(CNC2CC2)c(C)o1. The Kier molecular flexibility index (Phi) is 4.30. The van der Waals surface area contributed by atoms with Crippen molar-refractivity contribution in [1.29, 1.82) is 0 Å². The zero-order chi connectivity index (χ0) is 14.7. The largest absolute Gasteiger partial charge is 0.485 e. The van der Waals surface area contributed by atoms with Crippen molar-refractivity contribution in [2.75, 3.05) is 0 Å². The van der Waals surface area contributed by atoms with E-state index < -0.39 is 0 Å². The van der Waals surface area contributed by atoms with Crippen LogP contribution in [0.1, 0.15) is 42.4 Å². The summed E-state index contributed by atoms with van der Waals surface area (Å²) >= 11 is 0. The summed E-state index contributed by atoms with van der Waals surface area (Å²) in [6, 6.07) is 11.0. The minimum Gasteiger partial charge on any atom is -0.485 e. The van der Waals surface area contributed by atoms with Crippen molar-refractivity contribution in [3.05, 3.63) is 53.0 Å². The number of hydrogen-bond acceptors (Lipinski definition) is 3. The van der Waals surface area contributed by atoms with Crippen LogP contribution in [0.2, 0.25) is 0 Å². The summed E-state index contributed by atoms with van der Waals surface area (Å²) in [5.41, 5.74) is 2.47. The summed E-state index contributed by atoms with van der Waals surface area (Å²) in [4.78, 5) is 0. The number of para-hydroxylation sites is 1. The maximum atomic E-state index is 5.91. The first-order valence-corrected chi connectivity index (χ1v) is 7.78. The van der Waals surface area contributed by atoms with Crippen LogP contribution in [0.4, 0.5) is 0 Å². The summed E-state index contributed by atoms with van der Waals surface area (Å²) in [7, 11) is 0. The van der Waals surface area contributed by atoms with Crippen LogP contribution in [-0.4, -0.2) is 6.04 Å². The third-order valence-electron chi connectivity index (χ3n) is 3.95. The molecular weight excluding hydrogens is 262 g/mol. The summed E-state index contributed by atoms with van der Waals surface area (Å²) in [5.74, 6) is 2.84. The molecule has 0 atom stereocenters. The van der Waals surface area contributed by atoms with Gasteiger partial charge < -0.3 is 14.5 Å². The van der Waals surface area contributed by atoms with Crippen LogP contribution in [0.25, 0.3) is 0 Å². The molecule has 1 saturated carbocycles. The van der Waals surface area contributed by atoms with E-state index >= 15 is 0 Å². The van der Waals surface area contributed by atoms with Crippen molar-refractivity contribution in [3.63, 3.8) is 0 Å². The molecule has 21 heavy (non-hydrogen) atoms. The van der Waals surface area contributed by atoms with Crippen LogP contribution in [0, 0.1) is 6.92 Å². The summed E-state index contributed by atoms with van der Waals surface area (Å²) in [5, 5.41) is 3.52. The summed E-state index contributed by atoms with van der Waals surface area (Å²) in [6.07, 6.45) is 3.59. The van der Waals surface area contributed by atoms with Crippen LogP contribution in [0.5, 0.6) is 5.75 Å². The molecular formula is C18H23NO2. The van der Waals surface area contributed by atoms with Gasteiger partial charge in [-0.25, -0.2) is 0 Å². The second-order valence-corrected chi connectivity index (χ2v) is 5.70. The van der Waals surface area contributed by atoms with E-state index in [0.29, 0.717) is 6.61 Å². The van der Waals surface area contributed by atoms with E-state index in [-0.39, 0.29) is 0 Å². The first kappa shape index (κ1) is 14.2. The van der Waals surface area contributed by atoms with Crippen molar-refractivity contribution in [1.82, 2.24) is 5.32 Å². The van der Waals surface area contributed by atoms with Crippen LogP contribution < -0.4 is 10.1 Å². The Balaban J connectivity index is 1.60.